The summed E-state index contributed by atoms with van der Waals surface area (Å²) in [5.41, 5.74) is 6.12. The van der Waals surface area contributed by atoms with E-state index in [1.807, 2.05) is 0 Å². The van der Waals surface area contributed by atoms with E-state index in [9.17, 15) is 0 Å². The molecule has 3 nitrogen and oxygen atoms in total. The molecule has 1 aliphatic carbocycles. The number of hydrogen-bond donors (Lipinski definition) is 1. The molecule has 14 heavy (non-hydrogen) atoms. The third kappa shape index (κ3) is 2.94. The van der Waals surface area contributed by atoms with Crippen LogP contribution in [-0.2, 0) is 9.47 Å². The van der Waals surface area contributed by atoms with Crippen molar-refractivity contribution in [2.75, 3.05) is 20.4 Å². The summed E-state index contributed by atoms with van der Waals surface area (Å²) in [5, 5.41) is 0. The molecule has 84 valence electrons. The van der Waals surface area contributed by atoms with E-state index in [-0.39, 0.29) is 5.60 Å². The van der Waals surface area contributed by atoms with E-state index in [1.165, 1.54) is 12.8 Å². The standard InChI is InChI=1S/C11H23NO2/c1-10(2)4-6-11(8-12,7-5-10)14-9-13-3/h4-9,12H2,1-3H3. The monoisotopic (exact) mass is 201 g/mol. The molecule has 1 aliphatic rings. The molecule has 0 radical (unpaired) electrons. The molecular formula is C11H23NO2. The van der Waals surface area contributed by atoms with Gasteiger partial charge in [-0.1, -0.05) is 13.8 Å². The first-order valence-corrected chi connectivity index (χ1v) is 5.37. The van der Waals surface area contributed by atoms with Crippen LogP contribution in [0, 0.1) is 5.41 Å². The second kappa shape index (κ2) is 4.60. The van der Waals surface area contributed by atoms with E-state index >= 15 is 0 Å². The van der Waals surface area contributed by atoms with Crippen molar-refractivity contribution in [1.29, 1.82) is 0 Å². The van der Waals surface area contributed by atoms with Crippen molar-refractivity contribution in [1.82, 2.24) is 0 Å². The van der Waals surface area contributed by atoms with Crippen LogP contribution in [0.4, 0.5) is 0 Å². The highest BCUT2D eigenvalue weighted by Crippen LogP contribution is 2.41. The van der Waals surface area contributed by atoms with Crippen LogP contribution in [0.15, 0.2) is 0 Å². The molecule has 0 aromatic rings. The third-order valence-electron chi connectivity index (χ3n) is 3.37. The number of nitrogens with two attached hydrogens (primary N) is 1. The second-order valence-corrected chi connectivity index (χ2v) is 5.10. The van der Waals surface area contributed by atoms with Crippen LogP contribution < -0.4 is 5.73 Å². The van der Waals surface area contributed by atoms with Crippen molar-refractivity contribution >= 4 is 0 Å². The summed E-state index contributed by atoms with van der Waals surface area (Å²) in [5.74, 6) is 0. The first kappa shape index (κ1) is 12.0. The normalized spacial score (nSPS) is 24.9. The van der Waals surface area contributed by atoms with E-state index in [0.717, 1.165) is 12.8 Å². The van der Waals surface area contributed by atoms with E-state index in [4.69, 9.17) is 15.2 Å². The van der Waals surface area contributed by atoms with Crippen molar-refractivity contribution in [3.8, 4) is 0 Å². The van der Waals surface area contributed by atoms with Gasteiger partial charge in [-0.15, -0.1) is 0 Å². The Kier molecular flexibility index (Phi) is 3.93. The van der Waals surface area contributed by atoms with Gasteiger partial charge in [0, 0.05) is 13.7 Å². The third-order valence-corrected chi connectivity index (χ3v) is 3.37. The highest BCUT2D eigenvalue weighted by atomic mass is 16.7. The maximum absolute atomic E-state index is 5.79. The minimum Gasteiger partial charge on any atom is -0.359 e. The Labute approximate surface area is 86.9 Å². The zero-order valence-electron chi connectivity index (χ0n) is 9.64. The van der Waals surface area contributed by atoms with Crippen LogP contribution in [-0.4, -0.2) is 26.0 Å². The Morgan fingerprint density at radius 2 is 1.71 bits per heavy atom. The lowest BCUT2D eigenvalue weighted by Crippen LogP contribution is -2.45. The number of rotatable bonds is 4. The van der Waals surface area contributed by atoms with Crippen LogP contribution in [0.3, 0.4) is 0 Å². The lowest BCUT2D eigenvalue weighted by molar-refractivity contribution is -0.149. The number of methoxy groups -OCH3 is 1. The number of ether oxygens (including phenoxy) is 2. The fourth-order valence-electron chi connectivity index (χ4n) is 1.97. The Morgan fingerprint density at radius 3 is 2.14 bits per heavy atom. The molecule has 0 spiro atoms. The van der Waals surface area contributed by atoms with Crippen LogP contribution in [0.1, 0.15) is 39.5 Å². The van der Waals surface area contributed by atoms with Gasteiger partial charge in [-0.2, -0.15) is 0 Å². The van der Waals surface area contributed by atoms with Crippen molar-refractivity contribution in [3.05, 3.63) is 0 Å². The zero-order valence-corrected chi connectivity index (χ0v) is 9.64. The molecule has 0 saturated heterocycles. The van der Waals surface area contributed by atoms with Crippen molar-refractivity contribution < 1.29 is 9.47 Å². The molecule has 0 aromatic carbocycles. The summed E-state index contributed by atoms with van der Waals surface area (Å²) in [6, 6.07) is 0. The molecule has 0 aliphatic heterocycles. The summed E-state index contributed by atoms with van der Waals surface area (Å²) in [6.07, 6.45) is 4.49. The smallest absolute Gasteiger partial charge is 0.147 e. The maximum atomic E-state index is 5.79. The van der Waals surface area contributed by atoms with Gasteiger partial charge in [0.05, 0.1) is 5.60 Å². The van der Waals surface area contributed by atoms with Crippen molar-refractivity contribution in [2.24, 2.45) is 11.1 Å². The first-order chi connectivity index (χ1) is 6.54. The predicted molar refractivity (Wildman–Crippen MR) is 57.0 cm³/mol. The lowest BCUT2D eigenvalue weighted by atomic mass is 9.71. The van der Waals surface area contributed by atoms with Crippen LogP contribution in [0.2, 0.25) is 0 Å². The maximum Gasteiger partial charge on any atom is 0.147 e. The lowest BCUT2D eigenvalue weighted by Gasteiger charge is -2.42. The quantitative estimate of drug-likeness (QED) is 0.707. The van der Waals surface area contributed by atoms with E-state index in [2.05, 4.69) is 13.8 Å². The average Bonchev–Trinajstić information content (AvgIpc) is 2.18. The number of hydrogen-bond acceptors (Lipinski definition) is 3. The SMILES string of the molecule is COCOC1(CN)CCC(C)(C)CC1. The van der Waals surface area contributed by atoms with Gasteiger partial charge in [-0.05, 0) is 31.1 Å². The Hall–Kier alpha value is -0.120. The predicted octanol–water partition coefficient (Wildman–Crippen LogP) is 1.90. The zero-order chi connectivity index (χ0) is 10.7. The Morgan fingerprint density at radius 1 is 1.14 bits per heavy atom. The van der Waals surface area contributed by atoms with Gasteiger partial charge in [0.1, 0.15) is 6.79 Å². The first-order valence-electron chi connectivity index (χ1n) is 5.37. The molecule has 2 N–H and O–H groups in total. The average molecular weight is 201 g/mol. The molecule has 0 bridgehead atoms. The molecule has 0 unspecified atom stereocenters. The molecule has 1 fully saturated rings. The Balaban J connectivity index is 2.48. The van der Waals surface area contributed by atoms with Crippen LogP contribution in [0.25, 0.3) is 0 Å². The van der Waals surface area contributed by atoms with E-state index in [1.54, 1.807) is 7.11 Å². The molecule has 1 saturated carbocycles. The summed E-state index contributed by atoms with van der Waals surface area (Å²) in [7, 11) is 1.65. The van der Waals surface area contributed by atoms with Gasteiger partial charge in [-0.25, -0.2) is 0 Å². The molecule has 0 aromatic heterocycles. The van der Waals surface area contributed by atoms with Gasteiger partial charge in [0.25, 0.3) is 0 Å². The van der Waals surface area contributed by atoms with Gasteiger partial charge in [0.15, 0.2) is 0 Å². The van der Waals surface area contributed by atoms with Crippen LogP contribution in [0.5, 0.6) is 0 Å². The summed E-state index contributed by atoms with van der Waals surface area (Å²) < 4.78 is 10.7. The van der Waals surface area contributed by atoms with Crippen molar-refractivity contribution in [2.45, 2.75) is 45.1 Å². The second-order valence-electron chi connectivity index (χ2n) is 5.10. The van der Waals surface area contributed by atoms with Gasteiger partial charge < -0.3 is 15.2 Å². The van der Waals surface area contributed by atoms with Crippen LogP contribution >= 0.6 is 0 Å². The van der Waals surface area contributed by atoms with Crippen molar-refractivity contribution in [3.63, 3.8) is 0 Å². The summed E-state index contributed by atoms with van der Waals surface area (Å²) >= 11 is 0. The minimum atomic E-state index is -0.120. The largest absolute Gasteiger partial charge is 0.359 e. The van der Waals surface area contributed by atoms with Gasteiger partial charge in [-0.3, -0.25) is 0 Å². The van der Waals surface area contributed by atoms with Gasteiger partial charge >= 0.3 is 0 Å². The summed E-state index contributed by atoms with van der Waals surface area (Å²) in [6.45, 7) is 5.58. The molecule has 3 heteroatoms. The van der Waals surface area contributed by atoms with E-state index in [0.29, 0.717) is 18.8 Å². The fourth-order valence-corrected chi connectivity index (χ4v) is 1.97. The summed E-state index contributed by atoms with van der Waals surface area (Å²) in [4.78, 5) is 0. The minimum absolute atomic E-state index is 0.120. The highest BCUT2D eigenvalue weighted by Gasteiger charge is 2.38. The molecule has 0 atom stereocenters. The highest BCUT2D eigenvalue weighted by molar-refractivity contribution is 4.91. The topological polar surface area (TPSA) is 44.5 Å². The molecule has 0 amide bonds. The Bertz CT molecular complexity index is 170. The molecular weight excluding hydrogens is 178 g/mol. The fraction of sp³-hybridized carbons (Fsp3) is 1.00. The van der Waals surface area contributed by atoms with E-state index < -0.39 is 0 Å². The molecule has 1 rings (SSSR count). The molecule has 0 heterocycles. The van der Waals surface area contributed by atoms with Gasteiger partial charge in [0.2, 0.25) is 0 Å².